The van der Waals surface area contributed by atoms with Gasteiger partial charge in [-0.3, -0.25) is 0 Å². The Morgan fingerprint density at radius 2 is 2.11 bits per heavy atom. The quantitative estimate of drug-likeness (QED) is 0.754. The summed E-state index contributed by atoms with van der Waals surface area (Å²) in [4.78, 5) is 3.84. The molecule has 0 aliphatic carbocycles. The molecule has 0 aliphatic heterocycles. The number of nitrogen functional groups attached to an aromatic ring is 1. The molecule has 0 saturated heterocycles. The van der Waals surface area contributed by atoms with Crippen LogP contribution in [0.5, 0.6) is 5.88 Å². The van der Waals surface area contributed by atoms with Gasteiger partial charge >= 0.3 is 12.3 Å². The minimum Gasteiger partial charge on any atom is -0.476 e. The lowest BCUT2D eigenvalue weighted by Gasteiger charge is -2.16. The summed E-state index contributed by atoms with van der Waals surface area (Å²) in [6, 6.07) is 2.72. The number of alkyl halides is 4. The molecule has 1 aromatic rings. The van der Waals surface area contributed by atoms with E-state index in [1.165, 1.54) is 12.1 Å². The maximum atomic E-state index is 12.7. The Balaban J connectivity index is 2.69. The van der Waals surface area contributed by atoms with E-state index < -0.39 is 18.9 Å². The van der Waals surface area contributed by atoms with Gasteiger partial charge < -0.3 is 15.8 Å². The van der Waals surface area contributed by atoms with Gasteiger partial charge in [0.2, 0.25) is 5.88 Å². The molecule has 1 rings (SSSR count). The third kappa shape index (κ3) is 4.46. The first-order chi connectivity index (χ1) is 8.86. The fourth-order valence-corrected chi connectivity index (χ4v) is 1.15. The van der Waals surface area contributed by atoms with E-state index in [1.54, 1.807) is 0 Å². The average Bonchev–Trinajstić information content (AvgIpc) is 2.36. The number of nitrogens with one attached hydrogen (secondary N) is 1. The first kappa shape index (κ1) is 15.3. The zero-order valence-electron chi connectivity index (χ0n) is 10.3. The normalized spacial score (nSPS) is 11.7. The highest BCUT2D eigenvalue weighted by molar-refractivity contribution is 5.53. The van der Waals surface area contributed by atoms with Crippen molar-refractivity contribution in [2.24, 2.45) is 0 Å². The van der Waals surface area contributed by atoms with E-state index >= 15 is 0 Å². The second-order valence-corrected chi connectivity index (χ2v) is 3.85. The number of aromatic nitrogens is 1. The van der Waals surface area contributed by atoms with Gasteiger partial charge in [-0.1, -0.05) is 6.92 Å². The zero-order chi connectivity index (χ0) is 14.5. The molecule has 8 heteroatoms. The number of rotatable bonds is 7. The predicted molar refractivity (Wildman–Crippen MR) is 63.9 cm³/mol. The molecule has 0 aromatic carbocycles. The molecule has 0 spiro atoms. The number of pyridine rings is 1. The summed E-state index contributed by atoms with van der Waals surface area (Å²) in [5.41, 5.74) is 5.83. The molecule has 0 bridgehead atoms. The van der Waals surface area contributed by atoms with Crippen molar-refractivity contribution in [2.75, 3.05) is 24.2 Å². The minimum atomic E-state index is -4.12. The number of anilines is 2. The van der Waals surface area contributed by atoms with Crippen LogP contribution >= 0.6 is 0 Å². The second-order valence-electron chi connectivity index (χ2n) is 3.85. The molecule has 0 saturated carbocycles. The average molecular weight is 281 g/mol. The molecular weight excluding hydrogens is 266 g/mol. The molecule has 4 nitrogen and oxygen atoms in total. The fraction of sp³-hybridized carbons (Fsp3) is 0.545. The van der Waals surface area contributed by atoms with Crippen molar-refractivity contribution in [3.05, 3.63) is 12.1 Å². The van der Waals surface area contributed by atoms with Gasteiger partial charge in [0, 0.05) is 0 Å². The molecule has 19 heavy (non-hydrogen) atoms. The summed E-state index contributed by atoms with van der Waals surface area (Å²) < 4.78 is 54.6. The van der Waals surface area contributed by atoms with E-state index in [2.05, 4.69) is 10.3 Å². The smallest absolute Gasteiger partial charge is 0.324 e. The van der Waals surface area contributed by atoms with Crippen LogP contribution in [0.15, 0.2) is 12.1 Å². The van der Waals surface area contributed by atoms with E-state index in [0.717, 1.165) is 6.42 Å². The van der Waals surface area contributed by atoms with Gasteiger partial charge in [0.25, 0.3) is 0 Å². The highest BCUT2D eigenvalue weighted by Gasteiger charge is 2.40. The predicted octanol–water partition coefficient (Wildman–Crippen LogP) is 2.76. The second kappa shape index (κ2) is 6.44. The van der Waals surface area contributed by atoms with Crippen LogP contribution in [0.3, 0.4) is 0 Å². The molecule has 0 amide bonds. The van der Waals surface area contributed by atoms with Crippen molar-refractivity contribution in [3.63, 3.8) is 0 Å². The fourth-order valence-electron chi connectivity index (χ4n) is 1.15. The van der Waals surface area contributed by atoms with Crippen LogP contribution in [0.2, 0.25) is 0 Å². The van der Waals surface area contributed by atoms with E-state index in [4.69, 9.17) is 10.5 Å². The standard InChI is InChI=1S/C11H15F4N3O/c1-2-5-19-9-7(16)3-4-8(18-9)17-6-11(14,15)10(12)13/h3-4,10H,2,5-6,16H2,1H3,(H,17,18). The number of nitrogens with zero attached hydrogens (tertiary/aromatic N) is 1. The number of nitrogens with two attached hydrogens (primary N) is 1. The lowest BCUT2D eigenvalue weighted by molar-refractivity contribution is -0.117. The van der Waals surface area contributed by atoms with Gasteiger partial charge in [-0.15, -0.1) is 0 Å². The van der Waals surface area contributed by atoms with Gasteiger partial charge in [-0.25, -0.2) is 8.78 Å². The molecular formula is C11H15F4N3O. The lowest BCUT2D eigenvalue weighted by Crippen LogP contribution is -2.35. The molecule has 0 unspecified atom stereocenters. The summed E-state index contributed by atoms with van der Waals surface area (Å²) in [6.07, 6.45) is -3.01. The Morgan fingerprint density at radius 3 is 2.68 bits per heavy atom. The molecule has 0 fully saturated rings. The topological polar surface area (TPSA) is 60.2 Å². The van der Waals surface area contributed by atoms with Crippen LogP contribution in [0.4, 0.5) is 29.1 Å². The summed E-state index contributed by atoms with van der Waals surface area (Å²) >= 11 is 0. The molecule has 0 aliphatic rings. The van der Waals surface area contributed by atoms with Crippen LogP contribution in [0.25, 0.3) is 0 Å². The Bertz CT molecular complexity index is 415. The van der Waals surface area contributed by atoms with Gasteiger partial charge in [0.15, 0.2) is 0 Å². The minimum absolute atomic E-state index is 0.000582. The molecule has 3 N–H and O–H groups in total. The van der Waals surface area contributed by atoms with Gasteiger partial charge in [-0.2, -0.15) is 13.8 Å². The largest absolute Gasteiger partial charge is 0.476 e. The van der Waals surface area contributed by atoms with Crippen LogP contribution in [-0.4, -0.2) is 30.5 Å². The monoisotopic (exact) mass is 281 g/mol. The van der Waals surface area contributed by atoms with Gasteiger partial charge in [0.05, 0.1) is 18.8 Å². The summed E-state index contributed by atoms with van der Waals surface area (Å²) in [7, 11) is 0. The van der Waals surface area contributed by atoms with Crippen molar-refractivity contribution >= 4 is 11.5 Å². The summed E-state index contributed by atoms with van der Waals surface area (Å²) in [5, 5.41) is 2.13. The Hall–Kier alpha value is -1.73. The zero-order valence-corrected chi connectivity index (χ0v) is 10.3. The van der Waals surface area contributed by atoms with Crippen molar-refractivity contribution in [1.29, 1.82) is 0 Å². The molecule has 0 atom stereocenters. The van der Waals surface area contributed by atoms with E-state index in [0.29, 0.717) is 6.61 Å². The Kier molecular flexibility index (Phi) is 5.20. The van der Waals surface area contributed by atoms with E-state index in [1.807, 2.05) is 6.92 Å². The Labute approximate surface area is 108 Å². The molecule has 108 valence electrons. The number of hydrogen-bond acceptors (Lipinski definition) is 4. The van der Waals surface area contributed by atoms with Crippen LogP contribution in [-0.2, 0) is 0 Å². The summed E-state index contributed by atoms with van der Waals surface area (Å²) in [5.74, 6) is -4.03. The van der Waals surface area contributed by atoms with Gasteiger partial charge in [-0.05, 0) is 18.6 Å². The maximum Gasteiger partial charge on any atom is 0.324 e. The summed E-state index contributed by atoms with van der Waals surface area (Å²) in [6.45, 7) is 1.03. The third-order valence-electron chi connectivity index (χ3n) is 2.16. The maximum absolute atomic E-state index is 12.7. The van der Waals surface area contributed by atoms with Crippen molar-refractivity contribution in [2.45, 2.75) is 25.7 Å². The number of halogens is 4. The molecule has 1 heterocycles. The third-order valence-corrected chi connectivity index (χ3v) is 2.16. The highest BCUT2D eigenvalue weighted by Crippen LogP contribution is 2.25. The van der Waals surface area contributed by atoms with Crippen LogP contribution < -0.4 is 15.8 Å². The van der Waals surface area contributed by atoms with Gasteiger partial charge in [0.1, 0.15) is 5.82 Å². The van der Waals surface area contributed by atoms with E-state index in [9.17, 15) is 17.6 Å². The first-order valence-corrected chi connectivity index (χ1v) is 5.66. The lowest BCUT2D eigenvalue weighted by atomic mass is 10.3. The molecule has 1 aromatic heterocycles. The van der Waals surface area contributed by atoms with Crippen molar-refractivity contribution in [3.8, 4) is 5.88 Å². The number of hydrogen-bond donors (Lipinski definition) is 2. The SMILES string of the molecule is CCCOc1nc(NCC(F)(F)C(F)F)ccc1N. The Morgan fingerprint density at radius 1 is 1.42 bits per heavy atom. The van der Waals surface area contributed by atoms with Crippen LogP contribution in [0.1, 0.15) is 13.3 Å². The van der Waals surface area contributed by atoms with Crippen molar-refractivity contribution < 1.29 is 22.3 Å². The number of ether oxygens (including phenoxy) is 1. The highest BCUT2D eigenvalue weighted by atomic mass is 19.3. The first-order valence-electron chi connectivity index (χ1n) is 5.66. The molecule has 0 radical (unpaired) electrons. The van der Waals surface area contributed by atoms with Crippen molar-refractivity contribution in [1.82, 2.24) is 4.98 Å². The van der Waals surface area contributed by atoms with Crippen LogP contribution in [0, 0.1) is 0 Å². The van der Waals surface area contributed by atoms with E-state index in [-0.39, 0.29) is 17.4 Å².